The molecule has 2 aliphatic rings. The second kappa shape index (κ2) is 9.68. The minimum Gasteiger partial charge on any atom is -0.369 e. The molecule has 2 atom stereocenters. The Morgan fingerprint density at radius 2 is 1.86 bits per heavy atom. The summed E-state index contributed by atoms with van der Waals surface area (Å²) < 4.78 is 55.7. The van der Waals surface area contributed by atoms with Gasteiger partial charge in [0.1, 0.15) is 24.0 Å². The van der Waals surface area contributed by atoms with Crippen LogP contribution in [-0.2, 0) is 24.1 Å². The Morgan fingerprint density at radius 1 is 1.11 bits per heavy atom. The standard InChI is InChI=1S/C25H28F4N6O/c26-21-13-33(14-22(30)36)9-7-17(21)12-34-10-8-20-23(34)31-15-32-24(20)35(19-5-6-19)11-16-1-3-18(4-2-16)25(27,28)29/h1-4,8,10,15,17,19,21H,5-7,9,11-14H2,(H2,30,36)/t17?,21-/m0/s1. The number of nitrogens with two attached hydrogens (primary N) is 1. The zero-order valence-corrected chi connectivity index (χ0v) is 19.7. The van der Waals surface area contributed by atoms with E-state index in [0.717, 1.165) is 41.7 Å². The highest BCUT2D eigenvalue weighted by atomic mass is 19.4. The maximum Gasteiger partial charge on any atom is 0.416 e. The van der Waals surface area contributed by atoms with E-state index < -0.39 is 23.8 Å². The molecule has 1 aliphatic carbocycles. The summed E-state index contributed by atoms with van der Waals surface area (Å²) in [7, 11) is 0. The summed E-state index contributed by atoms with van der Waals surface area (Å²) in [6.07, 6.45) is 0.495. The quantitative estimate of drug-likeness (QED) is 0.473. The van der Waals surface area contributed by atoms with Crippen molar-refractivity contribution in [2.75, 3.05) is 24.5 Å². The van der Waals surface area contributed by atoms with Crippen LogP contribution in [0.5, 0.6) is 0 Å². The van der Waals surface area contributed by atoms with Crippen LogP contribution < -0.4 is 10.6 Å². The Labute approximate surface area is 205 Å². The van der Waals surface area contributed by atoms with E-state index in [-0.39, 0.29) is 25.0 Å². The summed E-state index contributed by atoms with van der Waals surface area (Å²) in [4.78, 5) is 24.0. The predicted octanol–water partition coefficient (Wildman–Crippen LogP) is 3.76. The number of primary amides is 1. The number of nitrogens with zero attached hydrogens (tertiary/aromatic N) is 5. The van der Waals surface area contributed by atoms with Gasteiger partial charge in [0.2, 0.25) is 5.91 Å². The van der Waals surface area contributed by atoms with Gasteiger partial charge in [-0.15, -0.1) is 0 Å². The number of fused-ring (bicyclic) bond motifs is 1. The third kappa shape index (κ3) is 5.30. The highest BCUT2D eigenvalue weighted by Crippen LogP contribution is 2.36. The lowest BCUT2D eigenvalue weighted by Gasteiger charge is -2.34. The number of carbonyl (C=O) groups excluding carboxylic acids is 1. The van der Waals surface area contributed by atoms with Crippen molar-refractivity contribution in [1.29, 1.82) is 0 Å². The summed E-state index contributed by atoms with van der Waals surface area (Å²) >= 11 is 0. The molecule has 36 heavy (non-hydrogen) atoms. The van der Waals surface area contributed by atoms with Crippen LogP contribution in [0.4, 0.5) is 23.4 Å². The highest BCUT2D eigenvalue weighted by molar-refractivity contribution is 5.88. The monoisotopic (exact) mass is 504 g/mol. The van der Waals surface area contributed by atoms with Crippen molar-refractivity contribution in [2.24, 2.45) is 11.7 Å². The van der Waals surface area contributed by atoms with Gasteiger partial charge in [-0.05, 0) is 49.6 Å². The van der Waals surface area contributed by atoms with Crippen molar-refractivity contribution in [1.82, 2.24) is 19.4 Å². The fourth-order valence-electron chi connectivity index (χ4n) is 4.96. The van der Waals surface area contributed by atoms with Gasteiger partial charge in [0.15, 0.2) is 0 Å². The first-order valence-corrected chi connectivity index (χ1v) is 12.1. The van der Waals surface area contributed by atoms with E-state index >= 15 is 0 Å². The smallest absolute Gasteiger partial charge is 0.369 e. The number of likely N-dealkylation sites (tertiary alicyclic amines) is 1. The zero-order valence-electron chi connectivity index (χ0n) is 19.7. The van der Waals surface area contributed by atoms with Gasteiger partial charge in [0.25, 0.3) is 0 Å². The average molecular weight is 505 g/mol. The Hall–Kier alpha value is -3.21. The van der Waals surface area contributed by atoms with Gasteiger partial charge in [-0.1, -0.05) is 12.1 Å². The molecule has 2 aromatic heterocycles. The van der Waals surface area contributed by atoms with Crippen LogP contribution in [-0.4, -0.2) is 57.2 Å². The van der Waals surface area contributed by atoms with Crippen molar-refractivity contribution in [3.05, 3.63) is 54.0 Å². The van der Waals surface area contributed by atoms with Crippen LogP contribution in [0.1, 0.15) is 30.4 Å². The van der Waals surface area contributed by atoms with E-state index in [1.807, 2.05) is 16.8 Å². The Bertz CT molecular complexity index is 1220. The van der Waals surface area contributed by atoms with Gasteiger partial charge in [0, 0.05) is 37.8 Å². The zero-order chi connectivity index (χ0) is 25.4. The minimum atomic E-state index is -4.37. The molecular weight excluding hydrogens is 476 g/mol. The first kappa shape index (κ1) is 24.5. The molecule has 1 unspecified atom stereocenters. The molecule has 11 heteroatoms. The third-order valence-corrected chi connectivity index (χ3v) is 7.00. The number of halogens is 4. The molecule has 3 heterocycles. The molecule has 1 saturated heterocycles. The number of hydrogen-bond donors (Lipinski definition) is 1. The SMILES string of the molecule is NC(=O)CN1CCC(Cn2ccc3c(N(Cc4ccc(C(F)(F)F)cc4)C4CC4)ncnc32)[C@@H](F)C1. The topological polar surface area (TPSA) is 80.3 Å². The van der Waals surface area contributed by atoms with Crippen molar-refractivity contribution >= 4 is 22.8 Å². The lowest BCUT2D eigenvalue weighted by atomic mass is 9.94. The van der Waals surface area contributed by atoms with Gasteiger partial charge < -0.3 is 15.2 Å². The number of piperidine rings is 1. The minimum absolute atomic E-state index is 0.0616. The largest absolute Gasteiger partial charge is 0.416 e. The van der Waals surface area contributed by atoms with Crippen LogP contribution in [0.25, 0.3) is 11.0 Å². The summed E-state index contributed by atoms with van der Waals surface area (Å²) in [5.74, 6) is 0.0573. The molecule has 0 radical (unpaired) electrons. The molecule has 1 amide bonds. The molecule has 5 rings (SSSR count). The first-order valence-electron chi connectivity index (χ1n) is 12.1. The van der Waals surface area contributed by atoms with Gasteiger partial charge in [-0.3, -0.25) is 9.69 Å². The number of amides is 1. The molecule has 2 fully saturated rings. The van der Waals surface area contributed by atoms with E-state index in [2.05, 4.69) is 14.9 Å². The number of rotatable bonds is 8. The summed E-state index contributed by atoms with van der Waals surface area (Å²) in [5, 5.41) is 0.831. The van der Waals surface area contributed by atoms with Gasteiger partial charge in [-0.25, -0.2) is 14.4 Å². The summed E-state index contributed by atoms with van der Waals surface area (Å²) in [6, 6.07) is 7.41. The lowest BCUT2D eigenvalue weighted by Crippen LogP contribution is -2.46. The number of aromatic nitrogens is 3. The molecule has 1 aliphatic heterocycles. The normalized spacial score (nSPS) is 21.1. The highest BCUT2D eigenvalue weighted by Gasteiger charge is 2.34. The van der Waals surface area contributed by atoms with E-state index in [1.165, 1.54) is 18.5 Å². The second-order valence-electron chi connectivity index (χ2n) is 9.72. The Morgan fingerprint density at radius 3 is 2.50 bits per heavy atom. The number of carbonyl (C=O) groups is 1. The van der Waals surface area contributed by atoms with Gasteiger partial charge in [-0.2, -0.15) is 13.2 Å². The number of anilines is 1. The van der Waals surface area contributed by atoms with Crippen LogP contribution in [0.3, 0.4) is 0 Å². The third-order valence-electron chi connectivity index (χ3n) is 7.00. The van der Waals surface area contributed by atoms with Crippen LogP contribution >= 0.6 is 0 Å². The molecular formula is C25H28F4N6O. The summed E-state index contributed by atoms with van der Waals surface area (Å²) in [5.41, 5.74) is 6.04. The Balaban J connectivity index is 1.34. The molecule has 192 valence electrons. The number of benzene rings is 1. The predicted molar refractivity (Wildman–Crippen MR) is 127 cm³/mol. The lowest BCUT2D eigenvalue weighted by molar-refractivity contribution is -0.137. The maximum absolute atomic E-state index is 14.9. The van der Waals surface area contributed by atoms with Crippen molar-refractivity contribution in [3.8, 4) is 0 Å². The van der Waals surface area contributed by atoms with Crippen LogP contribution in [0.15, 0.2) is 42.9 Å². The van der Waals surface area contributed by atoms with Gasteiger partial charge in [0.05, 0.1) is 17.5 Å². The van der Waals surface area contributed by atoms with Crippen LogP contribution in [0.2, 0.25) is 0 Å². The maximum atomic E-state index is 14.9. The number of alkyl halides is 4. The van der Waals surface area contributed by atoms with E-state index in [1.54, 1.807) is 4.90 Å². The van der Waals surface area contributed by atoms with Crippen molar-refractivity contribution in [3.63, 3.8) is 0 Å². The van der Waals surface area contributed by atoms with Crippen molar-refractivity contribution < 1.29 is 22.4 Å². The fraction of sp³-hybridized carbons (Fsp3) is 0.480. The molecule has 2 N–H and O–H groups in total. The second-order valence-corrected chi connectivity index (χ2v) is 9.72. The molecule has 1 aromatic carbocycles. The fourth-order valence-corrected chi connectivity index (χ4v) is 4.96. The molecule has 0 bridgehead atoms. The van der Waals surface area contributed by atoms with E-state index in [0.29, 0.717) is 31.7 Å². The van der Waals surface area contributed by atoms with Crippen molar-refractivity contribution in [2.45, 2.75) is 50.7 Å². The molecule has 7 nitrogen and oxygen atoms in total. The van der Waals surface area contributed by atoms with E-state index in [9.17, 15) is 22.4 Å². The van der Waals surface area contributed by atoms with Crippen LogP contribution in [0, 0.1) is 5.92 Å². The van der Waals surface area contributed by atoms with E-state index in [4.69, 9.17) is 5.73 Å². The Kier molecular flexibility index (Phi) is 6.59. The molecule has 3 aromatic rings. The number of hydrogen-bond acceptors (Lipinski definition) is 5. The average Bonchev–Trinajstić information content (AvgIpc) is 3.59. The molecule has 0 spiro atoms. The molecule has 1 saturated carbocycles. The van der Waals surface area contributed by atoms with Gasteiger partial charge >= 0.3 is 6.18 Å². The first-order chi connectivity index (χ1) is 17.2. The summed E-state index contributed by atoms with van der Waals surface area (Å²) in [6.45, 7) is 1.73.